The van der Waals surface area contributed by atoms with Crippen LogP contribution in [0, 0.1) is 0 Å². The maximum atomic E-state index is 12.8. The van der Waals surface area contributed by atoms with Crippen LogP contribution in [0.1, 0.15) is 43.9 Å². The van der Waals surface area contributed by atoms with Gasteiger partial charge in [0.1, 0.15) is 5.75 Å². The Hall–Kier alpha value is -3.15. The lowest BCUT2D eigenvalue weighted by Crippen LogP contribution is -2.29. The van der Waals surface area contributed by atoms with Gasteiger partial charge in [0.15, 0.2) is 0 Å². The number of nitrogens with one attached hydrogen (secondary N) is 1. The zero-order valence-corrected chi connectivity index (χ0v) is 13.6. The Balaban J connectivity index is 1.70. The molecule has 1 fully saturated rings. The van der Waals surface area contributed by atoms with Crippen molar-refractivity contribution in [2.75, 3.05) is 12.0 Å². The third kappa shape index (κ3) is 2.55. The van der Waals surface area contributed by atoms with Gasteiger partial charge in [-0.25, -0.2) is 4.90 Å². The standard InChI is InChI=1S/C19H16N2O4/c1-25-16-5-3-2-4-15(16)21-18(23)13-9-6-11(10-14(13)19(21)24)17(22)20-12-7-8-12/h2-6,9-10,12H,7-8H2,1H3,(H,20,22). The van der Waals surface area contributed by atoms with E-state index >= 15 is 0 Å². The van der Waals surface area contributed by atoms with Gasteiger partial charge in [0, 0.05) is 11.6 Å². The molecule has 25 heavy (non-hydrogen) atoms. The normalized spacial score (nSPS) is 16.0. The van der Waals surface area contributed by atoms with Crippen molar-refractivity contribution in [3.63, 3.8) is 0 Å². The van der Waals surface area contributed by atoms with E-state index in [1.807, 2.05) is 0 Å². The van der Waals surface area contributed by atoms with E-state index in [2.05, 4.69) is 5.32 Å². The maximum absolute atomic E-state index is 12.8. The highest BCUT2D eigenvalue weighted by atomic mass is 16.5. The van der Waals surface area contributed by atoms with Crippen molar-refractivity contribution in [1.29, 1.82) is 0 Å². The molecular formula is C19H16N2O4. The van der Waals surface area contributed by atoms with Crippen molar-refractivity contribution in [2.45, 2.75) is 18.9 Å². The number of para-hydroxylation sites is 2. The molecule has 3 amide bonds. The Labute approximate surface area is 144 Å². The number of amides is 3. The molecule has 0 spiro atoms. The summed E-state index contributed by atoms with van der Waals surface area (Å²) in [6.45, 7) is 0. The van der Waals surface area contributed by atoms with Crippen LogP contribution >= 0.6 is 0 Å². The first-order chi connectivity index (χ1) is 12.1. The number of nitrogens with zero attached hydrogens (tertiary/aromatic N) is 1. The summed E-state index contributed by atoms with van der Waals surface area (Å²) in [5.74, 6) is -0.658. The minimum absolute atomic E-state index is 0.221. The van der Waals surface area contributed by atoms with Gasteiger partial charge in [0.25, 0.3) is 17.7 Å². The fourth-order valence-corrected chi connectivity index (χ4v) is 2.91. The summed E-state index contributed by atoms with van der Waals surface area (Å²) in [6.07, 6.45) is 1.96. The van der Waals surface area contributed by atoms with Gasteiger partial charge in [0.05, 0.1) is 23.9 Å². The molecule has 0 unspecified atom stereocenters. The molecule has 1 aliphatic carbocycles. The van der Waals surface area contributed by atoms with E-state index in [-0.39, 0.29) is 17.5 Å². The predicted molar refractivity (Wildman–Crippen MR) is 91.1 cm³/mol. The molecule has 1 saturated carbocycles. The highest BCUT2D eigenvalue weighted by Gasteiger charge is 2.38. The number of hydrogen-bond donors (Lipinski definition) is 1. The van der Waals surface area contributed by atoms with E-state index in [1.54, 1.807) is 30.3 Å². The predicted octanol–water partition coefficient (Wildman–Crippen LogP) is 2.39. The molecule has 6 heteroatoms. The molecular weight excluding hydrogens is 320 g/mol. The van der Waals surface area contributed by atoms with Crippen molar-refractivity contribution in [3.8, 4) is 5.75 Å². The van der Waals surface area contributed by atoms with Crippen molar-refractivity contribution >= 4 is 23.4 Å². The number of carbonyl (C=O) groups is 3. The fraction of sp³-hybridized carbons (Fsp3) is 0.211. The molecule has 4 rings (SSSR count). The quantitative estimate of drug-likeness (QED) is 0.870. The monoisotopic (exact) mass is 336 g/mol. The largest absolute Gasteiger partial charge is 0.495 e. The Morgan fingerprint density at radius 1 is 1.08 bits per heavy atom. The van der Waals surface area contributed by atoms with E-state index in [0.29, 0.717) is 22.6 Å². The number of hydrogen-bond acceptors (Lipinski definition) is 4. The summed E-state index contributed by atoms with van der Waals surface area (Å²) < 4.78 is 5.26. The summed E-state index contributed by atoms with van der Waals surface area (Å²) in [6, 6.07) is 11.7. The highest BCUT2D eigenvalue weighted by molar-refractivity contribution is 6.35. The first-order valence-electron chi connectivity index (χ1n) is 8.07. The lowest BCUT2D eigenvalue weighted by atomic mass is 10.1. The van der Waals surface area contributed by atoms with Crippen molar-refractivity contribution < 1.29 is 19.1 Å². The third-order valence-corrected chi connectivity index (χ3v) is 4.39. The number of anilines is 1. The molecule has 126 valence electrons. The van der Waals surface area contributed by atoms with Crippen molar-refractivity contribution in [1.82, 2.24) is 5.32 Å². The molecule has 2 aromatic rings. The van der Waals surface area contributed by atoms with E-state index in [9.17, 15) is 14.4 Å². The maximum Gasteiger partial charge on any atom is 0.266 e. The molecule has 0 atom stereocenters. The molecule has 1 N–H and O–H groups in total. The first kappa shape index (κ1) is 15.4. The van der Waals surface area contributed by atoms with Crippen molar-refractivity contribution in [2.24, 2.45) is 0 Å². The van der Waals surface area contributed by atoms with E-state index in [4.69, 9.17) is 4.74 Å². The number of carbonyl (C=O) groups excluding carboxylic acids is 3. The summed E-state index contributed by atoms with van der Waals surface area (Å²) in [5.41, 5.74) is 1.30. The molecule has 1 heterocycles. The smallest absolute Gasteiger partial charge is 0.266 e. The van der Waals surface area contributed by atoms with Crippen LogP contribution in [-0.4, -0.2) is 30.9 Å². The Bertz CT molecular complexity index is 902. The number of imide groups is 1. The van der Waals surface area contributed by atoms with Gasteiger partial charge < -0.3 is 10.1 Å². The van der Waals surface area contributed by atoms with Gasteiger partial charge in [-0.15, -0.1) is 0 Å². The van der Waals surface area contributed by atoms with Crippen LogP contribution in [0.5, 0.6) is 5.75 Å². The summed E-state index contributed by atoms with van der Waals surface area (Å²) in [4.78, 5) is 38.8. The van der Waals surface area contributed by atoms with Crippen LogP contribution in [0.25, 0.3) is 0 Å². The molecule has 0 saturated heterocycles. The minimum Gasteiger partial charge on any atom is -0.495 e. The second-order valence-electron chi connectivity index (χ2n) is 6.13. The second kappa shape index (κ2) is 5.73. The van der Waals surface area contributed by atoms with E-state index in [0.717, 1.165) is 17.7 Å². The second-order valence-corrected chi connectivity index (χ2v) is 6.13. The Morgan fingerprint density at radius 3 is 2.52 bits per heavy atom. The number of fused-ring (bicyclic) bond motifs is 1. The molecule has 2 aromatic carbocycles. The molecule has 6 nitrogen and oxygen atoms in total. The Kier molecular flexibility index (Phi) is 3.53. The first-order valence-corrected chi connectivity index (χ1v) is 8.07. The van der Waals surface area contributed by atoms with Crippen LogP contribution in [0.3, 0.4) is 0 Å². The van der Waals surface area contributed by atoms with Crippen LogP contribution in [0.15, 0.2) is 42.5 Å². The Morgan fingerprint density at radius 2 is 1.80 bits per heavy atom. The minimum atomic E-state index is -0.453. The van der Waals surface area contributed by atoms with Gasteiger partial charge in [-0.3, -0.25) is 14.4 Å². The van der Waals surface area contributed by atoms with Crippen LogP contribution in [0.4, 0.5) is 5.69 Å². The lowest BCUT2D eigenvalue weighted by Gasteiger charge is -2.16. The number of methoxy groups -OCH3 is 1. The average Bonchev–Trinajstić information content (AvgIpc) is 3.41. The molecule has 0 aromatic heterocycles. The molecule has 0 bridgehead atoms. The lowest BCUT2D eigenvalue weighted by molar-refractivity contribution is 0.0922. The average molecular weight is 336 g/mol. The summed E-state index contributed by atoms with van der Waals surface area (Å²) in [7, 11) is 1.48. The summed E-state index contributed by atoms with van der Waals surface area (Å²) >= 11 is 0. The molecule has 0 radical (unpaired) electrons. The van der Waals surface area contributed by atoms with E-state index in [1.165, 1.54) is 19.2 Å². The zero-order valence-electron chi connectivity index (χ0n) is 13.6. The number of ether oxygens (including phenoxy) is 1. The molecule has 1 aliphatic heterocycles. The van der Waals surface area contributed by atoms with Gasteiger partial charge >= 0.3 is 0 Å². The van der Waals surface area contributed by atoms with Crippen LogP contribution < -0.4 is 15.0 Å². The SMILES string of the molecule is COc1ccccc1N1C(=O)c2ccc(C(=O)NC3CC3)cc2C1=O. The third-order valence-electron chi connectivity index (χ3n) is 4.39. The van der Waals surface area contributed by atoms with Crippen LogP contribution in [-0.2, 0) is 0 Å². The zero-order chi connectivity index (χ0) is 17.6. The van der Waals surface area contributed by atoms with Crippen LogP contribution in [0.2, 0.25) is 0 Å². The van der Waals surface area contributed by atoms with Gasteiger partial charge in [-0.2, -0.15) is 0 Å². The molecule has 2 aliphatic rings. The van der Waals surface area contributed by atoms with Gasteiger partial charge in [-0.05, 0) is 43.2 Å². The van der Waals surface area contributed by atoms with Crippen molar-refractivity contribution in [3.05, 3.63) is 59.2 Å². The summed E-state index contributed by atoms with van der Waals surface area (Å²) in [5, 5.41) is 2.88. The number of benzene rings is 2. The topological polar surface area (TPSA) is 75.7 Å². The van der Waals surface area contributed by atoms with E-state index < -0.39 is 11.8 Å². The fourth-order valence-electron chi connectivity index (χ4n) is 2.91. The number of rotatable bonds is 4. The van der Waals surface area contributed by atoms with Gasteiger partial charge in [0.2, 0.25) is 0 Å². The van der Waals surface area contributed by atoms with Gasteiger partial charge in [-0.1, -0.05) is 12.1 Å². The highest BCUT2D eigenvalue weighted by Crippen LogP contribution is 2.35.